The Labute approximate surface area is 177 Å². The van der Waals surface area contributed by atoms with Gasteiger partial charge in [-0.05, 0) is 11.6 Å². The van der Waals surface area contributed by atoms with Crippen LogP contribution in [0.3, 0.4) is 0 Å². The van der Waals surface area contributed by atoms with Crippen LogP contribution in [0.2, 0.25) is 0 Å². The number of aromatic nitrogens is 3. The zero-order chi connectivity index (χ0) is 20.8. The summed E-state index contributed by atoms with van der Waals surface area (Å²) in [7, 11) is 0. The van der Waals surface area contributed by atoms with Gasteiger partial charge in [-0.2, -0.15) is 9.78 Å². The number of nitrogens with zero attached hydrogens (tertiary/aromatic N) is 6. The van der Waals surface area contributed by atoms with E-state index in [1.54, 1.807) is 17.0 Å². The summed E-state index contributed by atoms with van der Waals surface area (Å²) >= 11 is 1.52. The van der Waals surface area contributed by atoms with E-state index in [0.717, 1.165) is 5.75 Å². The van der Waals surface area contributed by atoms with Crippen LogP contribution in [0.4, 0.5) is 11.4 Å². The molecule has 0 N–H and O–H groups in total. The minimum Gasteiger partial charge on any atom is -0.378 e. The SMILES string of the molecule is O=[N+]([O-])c1cc(/C=N\n2cnnc2SCc2ccccc2)ccc1N1CCOCC1. The van der Waals surface area contributed by atoms with Crippen molar-refractivity contribution in [3.63, 3.8) is 0 Å². The van der Waals surface area contributed by atoms with Crippen molar-refractivity contribution in [1.29, 1.82) is 0 Å². The molecule has 1 saturated heterocycles. The van der Waals surface area contributed by atoms with E-state index in [2.05, 4.69) is 15.3 Å². The molecule has 2 heterocycles. The monoisotopic (exact) mass is 424 g/mol. The van der Waals surface area contributed by atoms with Gasteiger partial charge < -0.3 is 9.64 Å². The Balaban J connectivity index is 1.49. The van der Waals surface area contributed by atoms with E-state index in [4.69, 9.17) is 4.74 Å². The van der Waals surface area contributed by atoms with Crippen molar-refractivity contribution in [2.75, 3.05) is 31.2 Å². The molecule has 9 nitrogen and oxygen atoms in total. The first-order valence-corrected chi connectivity index (χ1v) is 10.4. The number of benzene rings is 2. The van der Waals surface area contributed by atoms with Crippen LogP contribution in [0.25, 0.3) is 0 Å². The second kappa shape index (κ2) is 9.51. The lowest BCUT2D eigenvalue weighted by atomic mass is 10.1. The molecule has 0 spiro atoms. The molecule has 0 unspecified atom stereocenters. The molecule has 0 amide bonds. The van der Waals surface area contributed by atoms with E-state index >= 15 is 0 Å². The summed E-state index contributed by atoms with van der Waals surface area (Å²) in [6.07, 6.45) is 3.09. The van der Waals surface area contributed by atoms with Crippen LogP contribution < -0.4 is 4.90 Å². The molecule has 1 aliphatic heterocycles. The van der Waals surface area contributed by atoms with Crippen LogP contribution in [0, 0.1) is 10.1 Å². The zero-order valence-electron chi connectivity index (χ0n) is 16.1. The topological polar surface area (TPSA) is 98.7 Å². The van der Waals surface area contributed by atoms with Crippen molar-refractivity contribution < 1.29 is 9.66 Å². The lowest BCUT2D eigenvalue weighted by Crippen LogP contribution is -2.36. The predicted molar refractivity (Wildman–Crippen MR) is 115 cm³/mol. The van der Waals surface area contributed by atoms with Gasteiger partial charge in [-0.25, -0.2) is 0 Å². The van der Waals surface area contributed by atoms with Crippen molar-refractivity contribution in [3.05, 3.63) is 76.1 Å². The molecule has 4 rings (SSSR count). The van der Waals surface area contributed by atoms with Crippen molar-refractivity contribution in [2.24, 2.45) is 5.10 Å². The maximum Gasteiger partial charge on any atom is 0.293 e. The molecule has 0 atom stereocenters. The lowest BCUT2D eigenvalue weighted by Gasteiger charge is -2.28. The van der Waals surface area contributed by atoms with Crippen LogP contribution >= 0.6 is 11.8 Å². The first-order valence-electron chi connectivity index (χ1n) is 9.43. The van der Waals surface area contributed by atoms with E-state index in [1.807, 2.05) is 41.3 Å². The maximum atomic E-state index is 11.6. The molecule has 0 saturated carbocycles. The first kappa shape index (κ1) is 20.0. The molecular weight excluding hydrogens is 404 g/mol. The molecule has 3 aromatic rings. The van der Waals surface area contributed by atoms with Crippen molar-refractivity contribution in [1.82, 2.24) is 14.9 Å². The fraction of sp³-hybridized carbons (Fsp3) is 0.250. The Morgan fingerprint density at radius 2 is 2.00 bits per heavy atom. The van der Waals surface area contributed by atoms with Crippen LogP contribution in [0.15, 0.2) is 65.1 Å². The number of nitro benzene ring substituents is 1. The van der Waals surface area contributed by atoms with Crippen LogP contribution in [-0.4, -0.2) is 52.3 Å². The number of nitro groups is 1. The molecule has 10 heteroatoms. The highest BCUT2D eigenvalue weighted by Gasteiger charge is 2.21. The third-order valence-corrected chi connectivity index (χ3v) is 5.59. The lowest BCUT2D eigenvalue weighted by molar-refractivity contribution is -0.384. The average molecular weight is 424 g/mol. The molecule has 0 bridgehead atoms. The van der Waals surface area contributed by atoms with E-state index in [9.17, 15) is 10.1 Å². The van der Waals surface area contributed by atoms with Gasteiger partial charge in [-0.1, -0.05) is 48.2 Å². The summed E-state index contributed by atoms with van der Waals surface area (Å²) in [6.45, 7) is 2.41. The van der Waals surface area contributed by atoms with Gasteiger partial charge in [0.15, 0.2) is 0 Å². The Kier molecular flexibility index (Phi) is 6.35. The van der Waals surface area contributed by atoms with Crippen LogP contribution in [-0.2, 0) is 10.5 Å². The van der Waals surface area contributed by atoms with E-state index < -0.39 is 0 Å². The van der Waals surface area contributed by atoms with Gasteiger partial charge in [0.1, 0.15) is 12.0 Å². The van der Waals surface area contributed by atoms with Gasteiger partial charge in [-0.15, -0.1) is 10.2 Å². The Morgan fingerprint density at radius 1 is 1.20 bits per heavy atom. The third-order valence-electron chi connectivity index (χ3n) is 4.59. The van der Waals surface area contributed by atoms with Gasteiger partial charge in [0.05, 0.1) is 24.4 Å². The van der Waals surface area contributed by atoms with Gasteiger partial charge >= 0.3 is 0 Å². The molecule has 0 aliphatic carbocycles. The molecule has 2 aromatic carbocycles. The van der Waals surface area contributed by atoms with E-state index in [0.29, 0.717) is 42.7 Å². The molecule has 30 heavy (non-hydrogen) atoms. The third kappa shape index (κ3) is 4.84. The number of hydrogen-bond acceptors (Lipinski definition) is 8. The number of hydrogen-bond donors (Lipinski definition) is 0. The second-order valence-corrected chi connectivity index (χ2v) is 7.52. The standard InChI is InChI=1S/C20H20N6O3S/c27-26(28)19-12-17(6-7-18(19)24-8-10-29-11-9-24)13-22-25-15-21-23-20(25)30-14-16-4-2-1-3-5-16/h1-7,12-13,15H,8-11,14H2/b22-13-. The molecule has 1 aromatic heterocycles. The van der Waals surface area contributed by atoms with Gasteiger partial charge in [-0.3, -0.25) is 10.1 Å². The summed E-state index contributed by atoms with van der Waals surface area (Å²) in [6, 6.07) is 15.2. The first-order chi connectivity index (χ1) is 14.7. The maximum absolute atomic E-state index is 11.6. The van der Waals surface area contributed by atoms with E-state index in [1.165, 1.54) is 29.7 Å². The predicted octanol–water partition coefficient (Wildman–Crippen LogP) is 3.20. The second-order valence-electron chi connectivity index (χ2n) is 6.58. The fourth-order valence-electron chi connectivity index (χ4n) is 3.08. The Hall–Kier alpha value is -3.24. The van der Waals surface area contributed by atoms with E-state index in [-0.39, 0.29) is 10.6 Å². The normalized spacial score (nSPS) is 14.3. The molecule has 154 valence electrons. The Morgan fingerprint density at radius 3 is 2.77 bits per heavy atom. The average Bonchev–Trinajstić information content (AvgIpc) is 3.25. The minimum atomic E-state index is -0.359. The zero-order valence-corrected chi connectivity index (χ0v) is 16.9. The van der Waals surface area contributed by atoms with Gasteiger partial charge in [0, 0.05) is 30.5 Å². The minimum absolute atomic E-state index is 0.0586. The number of anilines is 1. The molecule has 1 aliphatic rings. The molecule has 1 fully saturated rings. The van der Waals surface area contributed by atoms with Crippen molar-refractivity contribution >= 4 is 29.4 Å². The van der Waals surface area contributed by atoms with Gasteiger partial charge in [0.2, 0.25) is 5.16 Å². The van der Waals surface area contributed by atoms with Crippen LogP contribution in [0.5, 0.6) is 0 Å². The molecule has 0 radical (unpaired) electrons. The highest BCUT2D eigenvalue weighted by Crippen LogP contribution is 2.29. The summed E-state index contributed by atoms with van der Waals surface area (Å²) < 4.78 is 6.90. The number of rotatable bonds is 7. The summed E-state index contributed by atoms with van der Waals surface area (Å²) in [5, 5.41) is 24.6. The largest absolute Gasteiger partial charge is 0.378 e. The van der Waals surface area contributed by atoms with Crippen molar-refractivity contribution in [3.8, 4) is 0 Å². The quantitative estimate of drug-likeness (QED) is 0.249. The van der Waals surface area contributed by atoms with Crippen LogP contribution in [0.1, 0.15) is 11.1 Å². The van der Waals surface area contributed by atoms with Gasteiger partial charge in [0.25, 0.3) is 5.69 Å². The number of ether oxygens (including phenoxy) is 1. The Bertz CT molecular complexity index is 1030. The smallest absolute Gasteiger partial charge is 0.293 e. The fourth-order valence-corrected chi connectivity index (χ4v) is 3.90. The number of morpholine rings is 1. The summed E-state index contributed by atoms with van der Waals surface area (Å²) in [5.41, 5.74) is 2.47. The highest BCUT2D eigenvalue weighted by molar-refractivity contribution is 7.98. The summed E-state index contributed by atoms with van der Waals surface area (Å²) in [4.78, 5) is 13.2. The number of thioether (sulfide) groups is 1. The molecular formula is C20H20N6O3S. The highest BCUT2D eigenvalue weighted by atomic mass is 32.2. The van der Waals surface area contributed by atoms with Crippen molar-refractivity contribution in [2.45, 2.75) is 10.9 Å². The summed E-state index contributed by atoms with van der Waals surface area (Å²) in [5.74, 6) is 0.745.